The van der Waals surface area contributed by atoms with E-state index in [9.17, 15) is 13.2 Å². The highest BCUT2D eigenvalue weighted by molar-refractivity contribution is 5.43. The second kappa shape index (κ2) is 4.56. The van der Waals surface area contributed by atoms with E-state index >= 15 is 0 Å². The second-order valence-corrected chi connectivity index (χ2v) is 4.23. The number of benzene rings is 1. The molecular weight excluding hydrogens is 231 g/mol. The molecule has 2 rings (SSSR count). The van der Waals surface area contributed by atoms with Crippen molar-refractivity contribution in [2.24, 2.45) is 5.73 Å². The number of hydrogen-bond acceptors (Lipinski definition) is 2. The first-order valence-corrected chi connectivity index (χ1v) is 5.54. The summed E-state index contributed by atoms with van der Waals surface area (Å²) in [4.78, 5) is 0. The molecule has 0 amide bonds. The predicted molar refractivity (Wildman–Crippen MR) is 57.9 cm³/mol. The molecule has 0 heterocycles. The maximum atomic E-state index is 12.1. The largest absolute Gasteiger partial charge is 0.484 e. The molecule has 0 bridgehead atoms. The van der Waals surface area contributed by atoms with Gasteiger partial charge in [-0.15, -0.1) is 0 Å². The van der Waals surface area contributed by atoms with Gasteiger partial charge < -0.3 is 10.5 Å². The van der Waals surface area contributed by atoms with Crippen molar-refractivity contribution in [1.82, 2.24) is 0 Å². The van der Waals surface area contributed by atoms with E-state index in [2.05, 4.69) is 0 Å². The average Bonchev–Trinajstić information content (AvgIpc) is 2.26. The first-order valence-electron chi connectivity index (χ1n) is 5.54. The Balaban J connectivity index is 2.21. The van der Waals surface area contributed by atoms with E-state index in [1.54, 1.807) is 12.1 Å². The van der Waals surface area contributed by atoms with Crippen LogP contribution in [0.15, 0.2) is 18.2 Å². The van der Waals surface area contributed by atoms with Gasteiger partial charge in [0.05, 0.1) is 0 Å². The van der Waals surface area contributed by atoms with Crippen LogP contribution in [0.4, 0.5) is 13.2 Å². The van der Waals surface area contributed by atoms with Gasteiger partial charge in [0.2, 0.25) is 0 Å². The van der Waals surface area contributed by atoms with E-state index in [1.807, 2.05) is 6.07 Å². The lowest BCUT2D eigenvalue weighted by Gasteiger charge is -2.24. The highest BCUT2D eigenvalue weighted by Gasteiger charge is 2.29. The van der Waals surface area contributed by atoms with Crippen molar-refractivity contribution in [1.29, 1.82) is 0 Å². The molecule has 1 aromatic carbocycles. The standard InChI is InChI=1S/C12H14F3NO/c13-12(14,15)7-17-11-6-2-3-8-9(11)4-1-5-10(8)16/h2-3,6,10H,1,4-5,7,16H2/t10-/m1/s1. The number of hydrogen-bond donors (Lipinski definition) is 1. The maximum absolute atomic E-state index is 12.1. The van der Waals surface area contributed by atoms with Gasteiger partial charge in [-0.25, -0.2) is 0 Å². The molecule has 17 heavy (non-hydrogen) atoms. The Bertz CT molecular complexity index is 403. The Hall–Kier alpha value is -1.23. The molecule has 0 aliphatic heterocycles. The molecule has 2 nitrogen and oxygen atoms in total. The van der Waals surface area contributed by atoms with Crippen molar-refractivity contribution in [3.63, 3.8) is 0 Å². The summed E-state index contributed by atoms with van der Waals surface area (Å²) in [6.45, 7) is -1.25. The van der Waals surface area contributed by atoms with E-state index in [0.29, 0.717) is 5.75 Å². The zero-order valence-corrected chi connectivity index (χ0v) is 9.26. The summed E-state index contributed by atoms with van der Waals surface area (Å²) in [5.41, 5.74) is 7.66. The highest BCUT2D eigenvalue weighted by Crippen LogP contribution is 2.34. The zero-order valence-electron chi connectivity index (χ0n) is 9.26. The van der Waals surface area contributed by atoms with E-state index in [-0.39, 0.29) is 6.04 Å². The monoisotopic (exact) mass is 245 g/mol. The van der Waals surface area contributed by atoms with Crippen molar-refractivity contribution in [2.45, 2.75) is 31.5 Å². The highest BCUT2D eigenvalue weighted by atomic mass is 19.4. The molecular formula is C12H14F3NO. The third kappa shape index (κ3) is 2.91. The molecule has 0 spiro atoms. The average molecular weight is 245 g/mol. The van der Waals surface area contributed by atoms with E-state index in [4.69, 9.17) is 10.5 Å². The maximum Gasteiger partial charge on any atom is 0.422 e. The van der Waals surface area contributed by atoms with Gasteiger partial charge in [0.1, 0.15) is 5.75 Å². The van der Waals surface area contributed by atoms with Crippen LogP contribution in [-0.2, 0) is 6.42 Å². The Morgan fingerprint density at radius 1 is 1.35 bits per heavy atom. The number of ether oxygens (including phenoxy) is 1. The minimum absolute atomic E-state index is 0.0896. The SMILES string of the molecule is N[C@@H]1CCCc2c(OCC(F)(F)F)cccc21. The summed E-state index contributed by atoms with van der Waals surface area (Å²) < 4.78 is 41.1. The third-order valence-electron chi connectivity index (χ3n) is 2.90. The smallest absolute Gasteiger partial charge is 0.422 e. The van der Waals surface area contributed by atoms with Crippen LogP contribution < -0.4 is 10.5 Å². The van der Waals surface area contributed by atoms with Crippen LogP contribution in [0, 0.1) is 0 Å². The minimum atomic E-state index is -4.31. The quantitative estimate of drug-likeness (QED) is 0.869. The van der Waals surface area contributed by atoms with Crippen LogP contribution in [0.1, 0.15) is 30.0 Å². The van der Waals surface area contributed by atoms with E-state index in [0.717, 1.165) is 30.4 Å². The summed E-state index contributed by atoms with van der Waals surface area (Å²) in [5.74, 6) is 0.315. The van der Waals surface area contributed by atoms with Gasteiger partial charge >= 0.3 is 6.18 Å². The van der Waals surface area contributed by atoms with Crippen molar-refractivity contribution in [3.8, 4) is 5.75 Å². The molecule has 1 atom stereocenters. The molecule has 5 heteroatoms. The van der Waals surface area contributed by atoms with Crippen molar-refractivity contribution in [3.05, 3.63) is 29.3 Å². The molecule has 2 N–H and O–H groups in total. The van der Waals surface area contributed by atoms with Gasteiger partial charge in [-0.1, -0.05) is 12.1 Å². The lowest BCUT2D eigenvalue weighted by molar-refractivity contribution is -0.153. The van der Waals surface area contributed by atoms with Crippen molar-refractivity contribution >= 4 is 0 Å². The number of alkyl halides is 3. The van der Waals surface area contributed by atoms with Gasteiger partial charge in [0.15, 0.2) is 6.61 Å². The van der Waals surface area contributed by atoms with E-state index < -0.39 is 12.8 Å². The number of fused-ring (bicyclic) bond motifs is 1. The summed E-state index contributed by atoms with van der Waals surface area (Å²) >= 11 is 0. The van der Waals surface area contributed by atoms with Crippen molar-refractivity contribution < 1.29 is 17.9 Å². The summed E-state index contributed by atoms with van der Waals surface area (Å²) in [6, 6.07) is 5.03. The molecule has 0 saturated heterocycles. The molecule has 0 radical (unpaired) electrons. The number of rotatable bonds is 2. The van der Waals surface area contributed by atoms with Gasteiger partial charge in [-0.2, -0.15) is 13.2 Å². The van der Waals surface area contributed by atoms with Crippen LogP contribution in [0.3, 0.4) is 0 Å². The second-order valence-electron chi connectivity index (χ2n) is 4.23. The molecule has 0 saturated carbocycles. The zero-order chi connectivity index (χ0) is 12.5. The summed E-state index contributed by atoms with van der Waals surface area (Å²) in [7, 11) is 0. The van der Waals surface area contributed by atoms with Gasteiger partial charge in [-0.3, -0.25) is 0 Å². The molecule has 94 valence electrons. The predicted octanol–water partition coefficient (Wildman–Crippen LogP) is 2.96. The third-order valence-corrected chi connectivity index (χ3v) is 2.90. The summed E-state index contributed by atoms with van der Waals surface area (Å²) in [6.07, 6.45) is -1.81. The Morgan fingerprint density at radius 2 is 2.12 bits per heavy atom. The normalized spacial score (nSPS) is 19.9. The van der Waals surface area contributed by atoms with E-state index in [1.165, 1.54) is 0 Å². The minimum Gasteiger partial charge on any atom is -0.484 e. The van der Waals surface area contributed by atoms with Crippen LogP contribution in [-0.4, -0.2) is 12.8 Å². The van der Waals surface area contributed by atoms with Crippen LogP contribution in [0.25, 0.3) is 0 Å². The molecule has 1 aliphatic carbocycles. The first-order chi connectivity index (χ1) is 7.97. The molecule has 1 aliphatic rings. The van der Waals surface area contributed by atoms with Crippen molar-refractivity contribution in [2.75, 3.05) is 6.61 Å². The van der Waals surface area contributed by atoms with Crippen LogP contribution >= 0.6 is 0 Å². The topological polar surface area (TPSA) is 35.2 Å². The molecule has 0 unspecified atom stereocenters. The number of nitrogens with two attached hydrogens (primary N) is 1. The van der Waals surface area contributed by atoms with Gasteiger partial charge in [0, 0.05) is 6.04 Å². The van der Waals surface area contributed by atoms with Crippen LogP contribution in [0.2, 0.25) is 0 Å². The Labute approximate surface area is 97.6 Å². The van der Waals surface area contributed by atoms with Gasteiger partial charge in [0.25, 0.3) is 0 Å². The molecule has 0 aromatic heterocycles. The number of halogens is 3. The Kier molecular flexibility index (Phi) is 3.28. The Morgan fingerprint density at radius 3 is 2.82 bits per heavy atom. The fourth-order valence-electron chi connectivity index (χ4n) is 2.15. The van der Waals surface area contributed by atoms with Gasteiger partial charge in [-0.05, 0) is 36.5 Å². The lowest BCUT2D eigenvalue weighted by Crippen LogP contribution is -2.22. The molecule has 0 fully saturated rings. The molecule has 1 aromatic rings. The fraction of sp³-hybridized carbons (Fsp3) is 0.500. The first kappa shape index (κ1) is 12.2. The lowest BCUT2D eigenvalue weighted by atomic mass is 9.88. The fourth-order valence-corrected chi connectivity index (χ4v) is 2.15. The summed E-state index contributed by atoms with van der Waals surface area (Å²) in [5, 5.41) is 0. The van der Waals surface area contributed by atoms with Crippen LogP contribution in [0.5, 0.6) is 5.75 Å².